The number of rotatable bonds is 4. The maximum Gasteiger partial charge on any atom is 0.323 e. The highest BCUT2D eigenvalue weighted by atomic mass is 32.1. The smallest absolute Gasteiger partial charge is 0.323 e. The number of carbonyl (C=O) groups excluding carboxylic acids is 1. The zero-order valence-corrected chi connectivity index (χ0v) is 10.4. The lowest BCUT2D eigenvalue weighted by atomic mass is 9.90. The molecule has 0 fully saturated rings. The molecule has 0 saturated heterocycles. The first-order chi connectivity index (χ1) is 7.35. The summed E-state index contributed by atoms with van der Waals surface area (Å²) in [6.45, 7) is 3.34. The van der Waals surface area contributed by atoms with Crippen molar-refractivity contribution in [3.8, 4) is 0 Å². The highest BCUT2D eigenvalue weighted by molar-refractivity contribution is 7.10. The molecule has 1 heterocycles. The summed E-state index contributed by atoms with van der Waals surface area (Å²) in [5, 5.41) is 10.5. The van der Waals surface area contributed by atoms with Crippen LogP contribution in [0.15, 0.2) is 17.5 Å². The Balaban J connectivity index is 2.84. The molecule has 4 nitrogen and oxygen atoms in total. The molecule has 0 atom stereocenters. The molecular formula is C11H15NO3S. The normalized spacial score (nSPS) is 11.2. The van der Waals surface area contributed by atoms with Crippen LogP contribution in [0.2, 0.25) is 0 Å². The van der Waals surface area contributed by atoms with Gasteiger partial charge in [0.15, 0.2) is 0 Å². The van der Waals surface area contributed by atoms with Gasteiger partial charge in [0.1, 0.15) is 6.54 Å². The molecule has 0 bridgehead atoms. The number of amides is 1. The van der Waals surface area contributed by atoms with Gasteiger partial charge in [-0.3, -0.25) is 9.59 Å². The third-order valence-electron chi connectivity index (χ3n) is 2.39. The molecule has 1 aromatic rings. The first-order valence-electron chi connectivity index (χ1n) is 4.87. The lowest BCUT2D eigenvalue weighted by Gasteiger charge is -2.27. The zero-order valence-electron chi connectivity index (χ0n) is 9.56. The number of hydrogen-bond donors (Lipinski definition) is 1. The van der Waals surface area contributed by atoms with Gasteiger partial charge in [-0.05, 0) is 25.3 Å². The summed E-state index contributed by atoms with van der Waals surface area (Å²) in [6.07, 6.45) is 0. The van der Waals surface area contributed by atoms with E-state index in [0.717, 1.165) is 4.88 Å². The SMILES string of the molecule is CN(CC(=O)O)C(=O)C(C)(C)c1cccs1. The number of carboxylic acids is 1. The first-order valence-corrected chi connectivity index (χ1v) is 5.75. The van der Waals surface area contributed by atoms with Crippen LogP contribution in [0.25, 0.3) is 0 Å². The molecule has 1 amide bonds. The van der Waals surface area contributed by atoms with Crippen molar-refractivity contribution in [1.29, 1.82) is 0 Å². The van der Waals surface area contributed by atoms with Crippen molar-refractivity contribution in [2.75, 3.05) is 13.6 Å². The van der Waals surface area contributed by atoms with E-state index in [1.807, 2.05) is 17.5 Å². The highest BCUT2D eigenvalue weighted by Crippen LogP contribution is 2.29. The fourth-order valence-corrected chi connectivity index (χ4v) is 2.33. The molecular weight excluding hydrogens is 226 g/mol. The second-order valence-electron chi connectivity index (χ2n) is 4.16. The average Bonchev–Trinajstić information content (AvgIpc) is 2.68. The Morgan fingerprint density at radius 2 is 2.12 bits per heavy atom. The van der Waals surface area contributed by atoms with Crippen molar-refractivity contribution >= 4 is 23.2 Å². The summed E-state index contributed by atoms with van der Waals surface area (Å²) < 4.78 is 0. The third-order valence-corrected chi connectivity index (χ3v) is 3.58. The van der Waals surface area contributed by atoms with Crippen molar-refractivity contribution in [3.05, 3.63) is 22.4 Å². The van der Waals surface area contributed by atoms with Gasteiger partial charge >= 0.3 is 5.97 Å². The van der Waals surface area contributed by atoms with Crippen molar-refractivity contribution in [1.82, 2.24) is 4.90 Å². The fraction of sp³-hybridized carbons (Fsp3) is 0.455. The predicted molar refractivity (Wildman–Crippen MR) is 62.6 cm³/mol. The van der Waals surface area contributed by atoms with Gasteiger partial charge in [-0.15, -0.1) is 11.3 Å². The van der Waals surface area contributed by atoms with Crippen LogP contribution in [0, 0.1) is 0 Å². The van der Waals surface area contributed by atoms with Crippen LogP contribution < -0.4 is 0 Å². The number of carbonyl (C=O) groups is 2. The quantitative estimate of drug-likeness (QED) is 0.870. The minimum atomic E-state index is -1.00. The first kappa shape index (κ1) is 12.7. The van der Waals surface area contributed by atoms with Crippen molar-refractivity contribution < 1.29 is 14.7 Å². The fourth-order valence-electron chi connectivity index (χ4n) is 1.49. The number of thiophene rings is 1. The number of likely N-dealkylation sites (N-methyl/N-ethyl adjacent to an activating group) is 1. The number of aliphatic carboxylic acids is 1. The van der Waals surface area contributed by atoms with Crippen LogP contribution >= 0.6 is 11.3 Å². The van der Waals surface area contributed by atoms with E-state index in [0.29, 0.717) is 0 Å². The predicted octanol–water partition coefficient (Wildman–Crippen LogP) is 1.57. The molecule has 0 aromatic carbocycles. The lowest BCUT2D eigenvalue weighted by Crippen LogP contribution is -2.43. The monoisotopic (exact) mass is 241 g/mol. The van der Waals surface area contributed by atoms with Gasteiger partial charge in [-0.2, -0.15) is 0 Å². The molecule has 0 unspecified atom stereocenters. The van der Waals surface area contributed by atoms with Crippen molar-refractivity contribution in [2.24, 2.45) is 0 Å². The summed E-state index contributed by atoms with van der Waals surface area (Å²) in [6, 6.07) is 3.77. The number of nitrogens with zero attached hydrogens (tertiary/aromatic N) is 1. The Morgan fingerprint density at radius 3 is 2.56 bits per heavy atom. The van der Waals surface area contributed by atoms with E-state index in [-0.39, 0.29) is 12.5 Å². The third kappa shape index (κ3) is 2.61. The molecule has 0 aliphatic carbocycles. The van der Waals surface area contributed by atoms with Crippen LogP contribution in [0.4, 0.5) is 0 Å². The Kier molecular flexibility index (Phi) is 3.70. The maximum absolute atomic E-state index is 12.1. The molecule has 0 saturated carbocycles. The largest absolute Gasteiger partial charge is 0.480 e. The van der Waals surface area contributed by atoms with Gasteiger partial charge < -0.3 is 10.0 Å². The minimum Gasteiger partial charge on any atom is -0.480 e. The van der Waals surface area contributed by atoms with E-state index in [4.69, 9.17) is 5.11 Å². The van der Waals surface area contributed by atoms with E-state index >= 15 is 0 Å². The Bertz CT molecular complexity index is 384. The molecule has 0 radical (unpaired) electrons. The van der Waals surface area contributed by atoms with Gasteiger partial charge in [0.2, 0.25) is 5.91 Å². The van der Waals surface area contributed by atoms with E-state index in [9.17, 15) is 9.59 Å². The summed E-state index contributed by atoms with van der Waals surface area (Å²) >= 11 is 1.50. The van der Waals surface area contributed by atoms with E-state index in [2.05, 4.69) is 0 Å². The van der Waals surface area contributed by atoms with Gasteiger partial charge in [0, 0.05) is 11.9 Å². The van der Waals surface area contributed by atoms with Crippen LogP contribution in [-0.2, 0) is 15.0 Å². The zero-order chi connectivity index (χ0) is 12.3. The Labute approximate surface area is 98.5 Å². The summed E-state index contributed by atoms with van der Waals surface area (Å²) in [7, 11) is 1.51. The van der Waals surface area contributed by atoms with E-state index < -0.39 is 11.4 Å². The second kappa shape index (κ2) is 4.65. The summed E-state index contributed by atoms with van der Waals surface area (Å²) in [5.74, 6) is -1.19. The van der Waals surface area contributed by atoms with Crippen LogP contribution in [-0.4, -0.2) is 35.5 Å². The highest BCUT2D eigenvalue weighted by Gasteiger charge is 2.33. The molecule has 1 aromatic heterocycles. The van der Waals surface area contributed by atoms with E-state index in [1.54, 1.807) is 13.8 Å². The van der Waals surface area contributed by atoms with Gasteiger partial charge in [0.05, 0.1) is 5.41 Å². The van der Waals surface area contributed by atoms with Gasteiger partial charge in [-0.25, -0.2) is 0 Å². The molecule has 0 aliphatic heterocycles. The lowest BCUT2D eigenvalue weighted by molar-refractivity contribution is -0.145. The van der Waals surface area contributed by atoms with Crippen LogP contribution in [0.3, 0.4) is 0 Å². The average molecular weight is 241 g/mol. The van der Waals surface area contributed by atoms with E-state index in [1.165, 1.54) is 23.3 Å². The van der Waals surface area contributed by atoms with Crippen molar-refractivity contribution in [3.63, 3.8) is 0 Å². The standard InChI is InChI=1S/C11H15NO3S/c1-11(2,8-5-4-6-16-8)10(15)12(3)7-9(13)14/h4-6H,7H2,1-3H3,(H,13,14). The molecule has 1 rings (SSSR count). The molecule has 1 N–H and O–H groups in total. The van der Waals surface area contributed by atoms with Gasteiger partial charge in [0.25, 0.3) is 0 Å². The molecule has 88 valence electrons. The minimum absolute atomic E-state index is 0.183. The Hall–Kier alpha value is -1.36. The molecule has 16 heavy (non-hydrogen) atoms. The number of hydrogen-bond acceptors (Lipinski definition) is 3. The maximum atomic E-state index is 12.1. The van der Waals surface area contributed by atoms with Crippen LogP contribution in [0.1, 0.15) is 18.7 Å². The summed E-state index contributed by atoms with van der Waals surface area (Å²) in [5.41, 5.74) is -0.668. The molecule has 0 aliphatic rings. The molecule has 0 spiro atoms. The Morgan fingerprint density at radius 1 is 1.50 bits per heavy atom. The van der Waals surface area contributed by atoms with Gasteiger partial charge in [-0.1, -0.05) is 6.07 Å². The molecule has 5 heteroatoms. The second-order valence-corrected chi connectivity index (χ2v) is 5.10. The topological polar surface area (TPSA) is 57.6 Å². The summed E-state index contributed by atoms with van der Waals surface area (Å²) in [4.78, 5) is 24.8. The van der Waals surface area contributed by atoms with Crippen LogP contribution in [0.5, 0.6) is 0 Å². The van der Waals surface area contributed by atoms with Crippen molar-refractivity contribution in [2.45, 2.75) is 19.3 Å². The number of carboxylic acid groups (broad SMARTS) is 1.